The van der Waals surface area contributed by atoms with Crippen molar-refractivity contribution >= 4 is 33.9 Å². The molecule has 1 atom stereocenters. The number of alkyl halides is 4. The Morgan fingerprint density at radius 3 is 2.03 bits per heavy atom. The summed E-state index contributed by atoms with van der Waals surface area (Å²) in [7, 11) is 0. The van der Waals surface area contributed by atoms with Crippen LogP contribution in [0.5, 0.6) is 22.4 Å². The van der Waals surface area contributed by atoms with Crippen LogP contribution >= 0.6 is 33.9 Å². The highest BCUT2D eigenvalue weighted by atomic mass is 127. The Morgan fingerprint density at radius 2 is 1.48 bits per heavy atom. The van der Waals surface area contributed by atoms with Crippen LogP contribution in [-0.2, 0) is 9.78 Å². The molecule has 5 nitrogen and oxygen atoms in total. The molecule has 0 spiro atoms. The molecule has 0 aliphatic carbocycles. The molecule has 1 unspecified atom stereocenters. The first-order valence-electron chi connectivity index (χ1n) is 8.47. The van der Waals surface area contributed by atoms with E-state index in [2.05, 4.69) is 32.8 Å². The number of hydrogen-bond acceptors (Lipinski definition) is 6. The third kappa shape index (κ3) is 5.72. The van der Waals surface area contributed by atoms with E-state index in [4.69, 9.17) is 14.2 Å². The standard InChI is InChI=1S/C19H16F3IN2O3S/c1-3-26-17-25-24-16(29-17)18(2,23)28-15-10-8-14(9-11-15)27-13-6-4-12(5-7-13)19(20,21)22/h4-11H,3H2,1-2H3. The van der Waals surface area contributed by atoms with Crippen molar-refractivity contribution in [3.63, 3.8) is 0 Å². The van der Waals surface area contributed by atoms with Crippen LogP contribution in [-0.4, -0.2) is 16.8 Å². The van der Waals surface area contributed by atoms with Gasteiger partial charge in [-0.05, 0) is 85.0 Å². The van der Waals surface area contributed by atoms with Gasteiger partial charge in [0, 0.05) is 0 Å². The smallest absolute Gasteiger partial charge is 0.416 e. The van der Waals surface area contributed by atoms with E-state index >= 15 is 0 Å². The summed E-state index contributed by atoms with van der Waals surface area (Å²) in [6.07, 6.45) is -4.38. The molecule has 0 radical (unpaired) electrons. The Balaban J connectivity index is 1.65. The lowest BCUT2D eigenvalue weighted by Gasteiger charge is -2.21. The molecule has 0 saturated heterocycles. The molecule has 2 aromatic carbocycles. The number of hydrogen-bond donors (Lipinski definition) is 0. The molecule has 3 rings (SSSR count). The normalized spacial score (nSPS) is 13.6. The van der Waals surface area contributed by atoms with Crippen molar-refractivity contribution in [2.24, 2.45) is 0 Å². The maximum Gasteiger partial charge on any atom is 0.416 e. The van der Waals surface area contributed by atoms with Crippen LogP contribution in [0.1, 0.15) is 24.4 Å². The van der Waals surface area contributed by atoms with Gasteiger partial charge in [-0.25, -0.2) is 0 Å². The maximum atomic E-state index is 12.6. The second-order valence-electron chi connectivity index (χ2n) is 5.92. The summed E-state index contributed by atoms with van der Waals surface area (Å²) in [6, 6.07) is 11.3. The predicted molar refractivity (Wildman–Crippen MR) is 111 cm³/mol. The van der Waals surface area contributed by atoms with Crippen LogP contribution in [0.15, 0.2) is 48.5 Å². The number of nitrogens with zero attached hydrogens (tertiary/aromatic N) is 2. The highest BCUT2D eigenvalue weighted by molar-refractivity contribution is 14.1. The molecule has 0 aliphatic rings. The third-order valence-corrected chi connectivity index (χ3v) is 5.74. The molecular formula is C19H16F3IN2O3S. The van der Waals surface area contributed by atoms with E-state index in [1.54, 1.807) is 24.3 Å². The van der Waals surface area contributed by atoms with Crippen LogP contribution in [0, 0.1) is 0 Å². The van der Waals surface area contributed by atoms with Gasteiger partial charge in [0.2, 0.25) is 3.61 Å². The van der Waals surface area contributed by atoms with E-state index in [0.717, 1.165) is 12.1 Å². The van der Waals surface area contributed by atoms with E-state index in [1.165, 1.54) is 23.5 Å². The number of ether oxygens (including phenoxy) is 3. The molecule has 0 fully saturated rings. The zero-order chi connectivity index (χ0) is 21.1. The molecule has 0 aliphatic heterocycles. The van der Waals surface area contributed by atoms with E-state index in [1.807, 2.05) is 13.8 Å². The summed E-state index contributed by atoms with van der Waals surface area (Å²) >= 11 is 3.44. The summed E-state index contributed by atoms with van der Waals surface area (Å²) in [5.74, 6) is 1.36. The number of benzene rings is 2. The van der Waals surface area contributed by atoms with Gasteiger partial charge in [0.1, 0.15) is 17.2 Å². The number of aromatic nitrogens is 2. The van der Waals surface area contributed by atoms with E-state index in [9.17, 15) is 13.2 Å². The molecule has 10 heteroatoms. The van der Waals surface area contributed by atoms with Gasteiger partial charge >= 0.3 is 6.18 Å². The fourth-order valence-corrected chi connectivity index (χ4v) is 3.68. The molecule has 1 aromatic heterocycles. The molecule has 0 saturated carbocycles. The zero-order valence-electron chi connectivity index (χ0n) is 15.4. The van der Waals surface area contributed by atoms with Crippen molar-refractivity contribution in [1.82, 2.24) is 10.2 Å². The first-order valence-corrected chi connectivity index (χ1v) is 10.4. The minimum absolute atomic E-state index is 0.308. The van der Waals surface area contributed by atoms with Gasteiger partial charge < -0.3 is 14.2 Å². The second-order valence-corrected chi connectivity index (χ2v) is 8.92. The monoisotopic (exact) mass is 536 g/mol. The van der Waals surface area contributed by atoms with Gasteiger partial charge in [0.05, 0.1) is 12.2 Å². The Morgan fingerprint density at radius 1 is 0.931 bits per heavy atom. The highest BCUT2D eigenvalue weighted by Gasteiger charge is 2.31. The van der Waals surface area contributed by atoms with Crippen LogP contribution in [0.3, 0.4) is 0 Å². The van der Waals surface area contributed by atoms with Gasteiger partial charge in [0.25, 0.3) is 5.19 Å². The van der Waals surface area contributed by atoms with Crippen LogP contribution in [0.4, 0.5) is 13.2 Å². The second kappa shape index (κ2) is 8.74. The minimum Gasteiger partial charge on any atom is -0.470 e. The lowest BCUT2D eigenvalue weighted by molar-refractivity contribution is -0.137. The number of rotatable bonds is 7. The van der Waals surface area contributed by atoms with Crippen molar-refractivity contribution in [3.05, 3.63) is 59.1 Å². The van der Waals surface area contributed by atoms with Crippen LogP contribution in [0.25, 0.3) is 0 Å². The van der Waals surface area contributed by atoms with Gasteiger partial charge in [-0.15, -0.1) is 5.10 Å². The molecule has 0 N–H and O–H groups in total. The first kappa shape index (κ1) is 21.6. The number of halogens is 4. The van der Waals surface area contributed by atoms with Crippen molar-refractivity contribution in [1.29, 1.82) is 0 Å². The SMILES string of the molecule is CCOc1nnc(C(C)(I)Oc2ccc(Oc3ccc(C(F)(F)F)cc3)cc2)s1. The lowest BCUT2D eigenvalue weighted by atomic mass is 10.2. The zero-order valence-corrected chi connectivity index (χ0v) is 18.3. The fourth-order valence-electron chi connectivity index (χ4n) is 2.26. The van der Waals surface area contributed by atoms with Crippen molar-refractivity contribution in [2.45, 2.75) is 23.6 Å². The Kier molecular flexibility index (Phi) is 6.52. The lowest BCUT2D eigenvalue weighted by Crippen LogP contribution is -2.21. The van der Waals surface area contributed by atoms with Crippen LogP contribution < -0.4 is 14.2 Å². The van der Waals surface area contributed by atoms with Gasteiger partial charge in [-0.1, -0.05) is 16.4 Å². The van der Waals surface area contributed by atoms with E-state index < -0.39 is 15.3 Å². The molecular weight excluding hydrogens is 520 g/mol. The topological polar surface area (TPSA) is 53.5 Å². The first-order chi connectivity index (χ1) is 13.7. The summed E-state index contributed by atoms with van der Waals surface area (Å²) < 4.78 is 54.0. The summed E-state index contributed by atoms with van der Waals surface area (Å²) in [4.78, 5) is 0. The highest BCUT2D eigenvalue weighted by Crippen LogP contribution is 2.38. The Hall–Kier alpha value is -2.08. The Bertz CT molecular complexity index is 945. The van der Waals surface area contributed by atoms with E-state index in [0.29, 0.717) is 34.1 Å². The Labute approximate surface area is 183 Å². The van der Waals surface area contributed by atoms with Crippen LogP contribution in [0.2, 0.25) is 0 Å². The van der Waals surface area contributed by atoms with Gasteiger partial charge in [0.15, 0.2) is 5.01 Å². The molecule has 154 valence electrons. The largest absolute Gasteiger partial charge is 0.470 e. The van der Waals surface area contributed by atoms with Crippen molar-refractivity contribution in [3.8, 4) is 22.4 Å². The predicted octanol–water partition coefficient (Wildman–Crippen LogP) is 6.43. The summed E-state index contributed by atoms with van der Waals surface area (Å²) in [6.45, 7) is 4.24. The third-order valence-electron chi connectivity index (χ3n) is 3.61. The summed E-state index contributed by atoms with van der Waals surface area (Å²) in [5.41, 5.74) is -0.723. The molecule has 29 heavy (non-hydrogen) atoms. The van der Waals surface area contributed by atoms with Gasteiger partial charge in [-0.2, -0.15) is 13.2 Å². The van der Waals surface area contributed by atoms with E-state index in [-0.39, 0.29) is 0 Å². The average molecular weight is 536 g/mol. The van der Waals surface area contributed by atoms with Crippen molar-refractivity contribution < 1.29 is 27.4 Å². The summed E-state index contributed by atoms with van der Waals surface area (Å²) in [5, 5.41) is 9.21. The van der Waals surface area contributed by atoms with Gasteiger partial charge in [-0.3, -0.25) is 0 Å². The molecule has 3 aromatic rings. The fraction of sp³-hybridized carbons (Fsp3) is 0.263. The molecule has 0 amide bonds. The molecule has 1 heterocycles. The van der Waals surface area contributed by atoms with Crippen molar-refractivity contribution in [2.75, 3.05) is 6.61 Å². The maximum absolute atomic E-state index is 12.6. The minimum atomic E-state index is -4.38. The average Bonchev–Trinajstić information content (AvgIpc) is 3.13. The molecule has 0 bridgehead atoms. The quantitative estimate of drug-likeness (QED) is 0.257.